The average Bonchev–Trinajstić information content (AvgIpc) is 2.51. The van der Waals surface area contributed by atoms with Crippen molar-refractivity contribution in [1.82, 2.24) is 9.97 Å². The van der Waals surface area contributed by atoms with Crippen LogP contribution in [0.1, 0.15) is 5.56 Å². The van der Waals surface area contributed by atoms with Gasteiger partial charge in [0.1, 0.15) is 11.6 Å². The predicted molar refractivity (Wildman–Crippen MR) is 79.5 cm³/mol. The minimum Gasteiger partial charge on any atom is -0.378 e. The second kappa shape index (κ2) is 5.88. The number of aromatic nitrogens is 2. The molecular formula is C15H18N4O. The molecular weight excluding hydrogens is 252 g/mol. The van der Waals surface area contributed by atoms with E-state index in [0.717, 1.165) is 49.2 Å². The maximum atomic E-state index is 5.35. The third kappa shape index (κ3) is 2.88. The largest absolute Gasteiger partial charge is 0.378 e. The van der Waals surface area contributed by atoms with Gasteiger partial charge in [-0.15, -0.1) is 0 Å². The van der Waals surface area contributed by atoms with Crippen molar-refractivity contribution in [2.45, 2.75) is 6.92 Å². The second-order valence-corrected chi connectivity index (χ2v) is 4.80. The molecule has 0 unspecified atom stereocenters. The summed E-state index contributed by atoms with van der Waals surface area (Å²) < 4.78 is 5.35. The van der Waals surface area contributed by atoms with E-state index in [9.17, 15) is 0 Å². The normalized spacial score (nSPS) is 15.2. The third-order valence-electron chi connectivity index (χ3n) is 3.36. The summed E-state index contributed by atoms with van der Waals surface area (Å²) in [6.45, 7) is 5.38. The lowest BCUT2D eigenvalue weighted by Crippen LogP contribution is -2.36. The van der Waals surface area contributed by atoms with Gasteiger partial charge in [0.2, 0.25) is 0 Å². The first-order valence-electron chi connectivity index (χ1n) is 6.80. The van der Waals surface area contributed by atoms with Crippen LogP contribution in [0, 0.1) is 6.92 Å². The molecule has 0 aromatic carbocycles. The minimum absolute atomic E-state index is 0.773. The number of hydrogen-bond donors (Lipinski definition) is 1. The van der Waals surface area contributed by atoms with Crippen LogP contribution < -0.4 is 10.2 Å². The highest BCUT2D eigenvalue weighted by Gasteiger charge is 2.12. The van der Waals surface area contributed by atoms with E-state index in [4.69, 9.17) is 4.74 Å². The first kappa shape index (κ1) is 12.9. The molecule has 1 fully saturated rings. The predicted octanol–water partition coefficient (Wildman–Crippen LogP) is 2.37. The van der Waals surface area contributed by atoms with E-state index in [1.54, 1.807) is 6.20 Å². The summed E-state index contributed by atoms with van der Waals surface area (Å²) in [5.74, 6) is 1.87. The van der Waals surface area contributed by atoms with Crippen LogP contribution in [-0.2, 0) is 4.74 Å². The molecule has 5 nitrogen and oxygen atoms in total. The highest BCUT2D eigenvalue weighted by Crippen LogP contribution is 2.19. The molecule has 3 heterocycles. The van der Waals surface area contributed by atoms with Gasteiger partial charge >= 0.3 is 0 Å². The molecule has 5 heteroatoms. The number of morpholine rings is 1. The fourth-order valence-electron chi connectivity index (χ4n) is 2.19. The lowest BCUT2D eigenvalue weighted by Gasteiger charge is -2.27. The molecule has 0 saturated carbocycles. The van der Waals surface area contributed by atoms with Gasteiger partial charge in [-0.25, -0.2) is 9.97 Å². The van der Waals surface area contributed by atoms with E-state index >= 15 is 0 Å². The van der Waals surface area contributed by atoms with Crippen LogP contribution in [-0.4, -0.2) is 36.3 Å². The molecule has 1 aliphatic rings. The van der Waals surface area contributed by atoms with Gasteiger partial charge in [0, 0.05) is 19.3 Å². The van der Waals surface area contributed by atoms with Crippen molar-refractivity contribution >= 4 is 17.3 Å². The number of hydrogen-bond acceptors (Lipinski definition) is 5. The fourth-order valence-corrected chi connectivity index (χ4v) is 2.19. The van der Waals surface area contributed by atoms with Crippen molar-refractivity contribution in [1.29, 1.82) is 0 Å². The Kier molecular flexibility index (Phi) is 3.78. The van der Waals surface area contributed by atoms with Gasteiger partial charge in [-0.3, -0.25) is 0 Å². The van der Waals surface area contributed by atoms with Crippen molar-refractivity contribution in [3.8, 4) is 0 Å². The number of rotatable bonds is 3. The molecule has 2 aromatic heterocycles. The van der Waals surface area contributed by atoms with Crippen molar-refractivity contribution in [2.75, 3.05) is 36.5 Å². The third-order valence-corrected chi connectivity index (χ3v) is 3.36. The highest BCUT2D eigenvalue weighted by atomic mass is 16.5. The summed E-state index contributed by atoms with van der Waals surface area (Å²) in [5.41, 5.74) is 2.06. The molecule has 1 aliphatic heterocycles. The van der Waals surface area contributed by atoms with E-state index in [0.29, 0.717) is 0 Å². The molecule has 0 radical (unpaired) electrons. The Balaban J connectivity index is 1.71. The molecule has 1 saturated heterocycles. The lowest BCUT2D eigenvalue weighted by atomic mass is 10.3. The van der Waals surface area contributed by atoms with Gasteiger partial charge in [-0.05, 0) is 30.7 Å². The van der Waals surface area contributed by atoms with Gasteiger partial charge < -0.3 is 15.0 Å². The van der Waals surface area contributed by atoms with E-state index in [1.807, 2.05) is 37.4 Å². The zero-order chi connectivity index (χ0) is 13.8. The molecule has 0 atom stereocenters. The summed E-state index contributed by atoms with van der Waals surface area (Å²) >= 11 is 0. The first-order chi connectivity index (χ1) is 9.83. The summed E-state index contributed by atoms with van der Waals surface area (Å²) in [6.07, 6.45) is 3.63. The molecule has 0 aliphatic carbocycles. The van der Waals surface area contributed by atoms with Crippen LogP contribution in [0.25, 0.3) is 0 Å². The minimum atomic E-state index is 0.773. The lowest BCUT2D eigenvalue weighted by molar-refractivity contribution is 0.122. The van der Waals surface area contributed by atoms with E-state index < -0.39 is 0 Å². The average molecular weight is 270 g/mol. The number of nitrogens with zero attached hydrogens (tertiary/aromatic N) is 3. The monoisotopic (exact) mass is 270 g/mol. The molecule has 1 N–H and O–H groups in total. The van der Waals surface area contributed by atoms with Crippen LogP contribution in [0.4, 0.5) is 17.3 Å². The van der Waals surface area contributed by atoms with Crippen LogP contribution in [0.15, 0.2) is 36.7 Å². The van der Waals surface area contributed by atoms with E-state index in [1.165, 1.54) is 0 Å². The zero-order valence-electron chi connectivity index (χ0n) is 11.5. The van der Waals surface area contributed by atoms with Crippen LogP contribution in [0.5, 0.6) is 0 Å². The van der Waals surface area contributed by atoms with Gasteiger partial charge in [0.25, 0.3) is 0 Å². The van der Waals surface area contributed by atoms with E-state index in [-0.39, 0.29) is 0 Å². The van der Waals surface area contributed by atoms with Crippen molar-refractivity contribution in [3.05, 3.63) is 42.2 Å². The SMILES string of the molecule is Cc1cccnc1Nc1ccc(N2CCOCC2)nc1. The molecule has 0 amide bonds. The van der Waals surface area contributed by atoms with Gasteiger partial charge in [0.05, 0.1) is 25.1 Å². The quantitative estimate of drug-likeness (QED) is 0.928. The maximum absolute atomic E-state index is 5.35. The number of pyridine rings is 2. The smallest absolute Gasteiger partial charge is 0.133 e. The summed E-state index contributed by atoms with van der Waals surface area (Å²) in [4.78, 5) is 11.1. The molecule has 0 spiro atoms. The van der Waals surface area contributed by atoms with Crippen molar-refractivity contribution in [2.24, 2.45) is 0 Å². The topological polar surface area (TPSA) is 50.3 Å². The standard InChI is InChI=1S/C15H18N4O/c1-12-3-2-6-16-15(12)18-13-4-5-14(17-11-13)19-7-9-20-10-8-19/h2-6,11H,7-10H2,1H3,(H,16,18). The number of ether oxygens (including phenoxy) is 1. The number of aryl methyl sites for hydroxylation is 1. The molecule has 20 heavy (non-hydrogen) atoms. The summed E-state index contributed by atoms with van der Waals surface area (Å²) in [5, 5.41) is 3.29. The zero-order valence-corrected chi connectivity index (χ0v) is 11.5. The Morgan fingerprint density at radius 2 is 2.00 bits per heavy atom. The molecule has 2 aromatic rings. The van der Waals surface area contributed by atoms with Crippen LogP contribution >= 0.6 is 0 Å². The van der Waals surface area contributed by atoms with Crippen molar-refractivity contribution < 1.29 is 4.74 Å². The maximum Gasteiger partial charge on any atom is 0.133 e. The highest BCUT2D eigenvalue weighted by molar-refractivity contribution is 5.59. The Hall–Kier alpha value is -2.14. The molecule has 3 rings (SSSR count). The van der Waals surface area contributed by atoms with Crippen molar-refractivity contribution in [3.63, 3.8) is 0 Å². The molecule has 104 valence electrons. The molecule has 0 bridgehead atoms. The number of nitrogens with one attached hydrogen (secondary N) is 1. The first-order valence-corrected chi connectivity index (χ1v) is 6.80. The van der Waals surface area contributed by atoms with Gasteiger partial charge in [0.15, 0.2) is 0 Å². The Morgan fingerprint density at radius 3 is 2.70 bits per heavy atom. The Morgan fingerprint density at radius 1 is 1.15 bits per heavy atom. The fraction of sp³-hybridized carbons (Fsp3) is 0.333. The van der Waals surface area contributed by atoms with E-state index in [2.05, 4.69) is 20.2 Å². The summed E-state index contributed by atoms with van der Waals surface area (Å²) in [7, 11) is 0. The number of anilines is 3. The van der Waals surface area contributed by atoms with Crippen LogP contribution in [0.3, 0.4) is 0 Å². The Bertz CT molecular complexity index is 564. The van der Waals surface area contributed by atoms with Gasteiger partial charge in [-0.1, -0.05) is 6.07 Å². The van der Waals surface area contributed by atoms with Gasteiger partial charge in [-0.2, -0.15) is 0 Å². The second-order valence-electron chi connectivity index (χ2n) is 4.80. The summed E-state index contributed by atoms with van der Waals surface area (Å²) in [6, 6.07) is 8.03. The Labute approximate surface area is 118 Å². The van der Waals surface area contributed by atoms with Crippen LogP contribution in [0.2, 0.25) is 0 Å².